The number of alkyl halides is 3. The van der Waals surface area contributed by atoms with Gasteiger partial charge in [0.1, 0.15) is 6.23 Å². The molecule has 12 heteroatoms. The maximum atomic E-state index is 12.6. The fraction of sp³-hybridized carbons (Fsp3) is 0.364. The SMILES string of the molecule is CCC1OC(n2cc(C#CCNC(=O)C(F)(F)F)c(NC(=O)c3ccccc3)nc2=O)CC1O. The molecule has 3 N–H and O–H groups in total. The van der Waals surface area contributed by atoms with Crippen molar-refractivity contribution in [3.05, 3.63) is 58.1 Å². The Bertz CT molecular complexity index is 1170. The molecule has 2 aromatic rings. The van der Waals surface area contributed by atoms with Crippen LogP contribution in [0.25, 0.3) is 0 Å². The Morgan fingerprint density at radius 1 is 1.29 bits per heavy atom. The molecule has 3 unspecified atom stereocenters. The van der Waals surface area contributed by atoms with E-state index in [-0.39, 0.29) is 23.4 Å². The molecule has 0 bridgehead atoms. The van der Waals surface area contributed by atoms with E-state index < -0.39 is 48.7 Å². The molecule has 0 saturated carbocycles. The molecule has 1 aliphatic heterocycles. The van der Waals surface area contributed by atoms with Crippen LogP contribution in [0.15, 0.2) is 41.3 Å². The number of carbonyl (C=O) groups excluding carboxylic acids is 2. The molecule has 1 aromatic carbocycles. The third-order valence-corrected chi connectivity index (χ3v) is 4.95. The maximum absolute atomic E-state index is 12.6. The monoisotopic (exact) mass is 478 g/mol. The van der Waals surface area contributed by atoms with Gasteiger partial charge in [-0.25, -0.2) is 4.79 Å². The summed E-state index contributed by atoms with van der Waals surface area (Å²) in [5.74, 6) is 1.91. The van der Waals surface area contributed by atoms with Crippen LogP contribution in [0.4, 0.5) is 19.0 Å². The van der Waals surface area contributed by atoms with Gasteiger partial charge in [-0.2, -0.15) is 18.2 Å². The van der Waals surface area contributed by atoms with E-state index in [9.17, 15) is 32.7 Å². The molecule has 1 aliphatic rings. The number of hydrogen-bond donors (Lipinski definition) is 3. The molecular formula is C22H21F3N4O5. The fourth-order valence-corrected chi connectivity index (χ4v) is 3.25. The molecule has 2 amide bonds. The van der Waals surface area contributed by atoms with Gasteiger partial charge in [-0.1, -0.05) is 37.0 Å². The van der Waals surface area contributed by atoms with Crippen LogP contribution in [-0.2, 0) is 9.53 Å². The lowest BCUT2D eigenvalue weighted by atomic mass is 10.1. The van der Waals surface area contributed by atoms with E-state index in [0.717, 1.165) is 4.57 Å². The highest BCUT2D eigenvalue weighted by Crippen LogP contribution is 2.29. The summed E-state index contributed by atoms with van der Waals surface area (Å²) in [5.41, 5.74) is -0.505. The van der Waals surface area contributed by atoms with E-state index >= 15 is 0 Å². The van der Waals surface area contributed by atoms with E-state index in [4.69, 9.17) is 4.74 Å². The van der Waals surface area contributed by atoms with Crippen LogP contribution in [0.5, 0.6) is 0 Å². The molecule has 9 nitrogen and oxygen atoms in total. The molecule has 1 aromatic heterocycles. The molecular weight excluding hydrogens is 457 g/mol. The number of ether oxygens (including phenoxy) is 1. The molecule has 3 rings (SSSR count). The Morgan fingerprint density at radius 3 is 2.62 bits per heavy atom. The largest absolute Gasteiger partial charge is 0.471 e. The van der Waals surface area contributed by atoms with Gasteiger partial charge in [0.25, 0.3) is 5.91 Å². The summed E-state index contributed by atoms with van der Waals surface area (Å²) < 4.78 is 43.8. The Hall–Kier alpha value is -3.69. The van der Waals surface area contributed by atoms with Crippen LogP contribution in [0.3, 0.4) is 0 Å². The second-order valence-corrected chi connectivity index (χ2v) is 7.34. The maximum Gasteiger partial charge on any atom is 0.471 e. The summed E-state index contributed by atoms with van der Waals surface area (Å²) >= 11 is 0. The molecule has 1 fully saturated rings. The Morgan fingerprint density at radius 2 is 2.00 bits per heavy atom. The van der Waals surface area contributed by atoms with Gasteiger partial charge < -0.3 is 20.5 Å². The van der Waals surface area contributed by atoms with E-state index in [0.29, 0.717) is 6.42 Å². The fourth-order valence-electron chi connectivity index (χ4n) is 3.25. The number of carbonyl (C=O) groups is 2. The van der Waals surface area contributed by atoms with Crippen molar-refractivity contribution in [1.29, 1.82) is 0 Å². The van der Waals surface area contributed by atoms with E-state index in [1.54, 1.807) is 23.5 Å². The van der Waals surface area contributed by atoms with Crippen LogP contribution in [0.2, 0.25) is 0 Å². The van der Waals surface area contributed by atoms with Gasteiger partial charge in [-0.05, 0) is 18.6 Å². The third kappa shape index (κ3) is 6.00. The summed E-state index contributed by atoms with van der Waals surface area (Å²) in [6.45, 7) is 1.17. The molecule has 1 saturated heterocycles. The predicted octanol–water partition coefficient (Wildman–Crippen LogP) is 1.58. The number of anilines is 1. The van der Waals surface area contributed by atoms with Crippen molar-refractivity contribution in [3.63, 3.8) is 0 Å². The van der Waals surface area contributed by atoms with Gasteiger partial charge in [-0.15, -0.1) is 0 Å². The standard InChI is InChI=1S/C22H21F3N4O5/c1-2-16-15(30)11-17(34-16)29-12-14(9-6-10-26-20(32)22(23,24)25)18(28-21(29)33)27-19(31)13-7-4-3-5-8-13/h3-5,7-8,12,15-17,30H,2,10-11H2,1H3,(H,26,32)(H,27,28,31,33). The average Bonchev–Trinajstić information content (AvgIpc) is 3.17. The molecule has 0 radical (unpaired) electrons. The smallest absolute Gasteiger partial charge is 0.390 e. The van der Waals surface area contributed by atoms with E-state index in [2.05, 4.69) is 22.1 Å². The molecule has 0 spiro atoms. The van der Waals surface area contributed by atoms with Crippen molar-refractivity contribution in [2.45, 2.75) is 44.4 Å². The van der Waals surface area contributed by atoms with Crippen molar-refractivity contribution in [2.75, 3.05) is 11.9 Å². The van der Waals surface area contributed by atoms with Crippen LogP contribution >= 0.6 is 0 Å². The second kappa shape index (κ2) is 10.5. The topological polar surface area (TPSA) is 123 Å². The zero-order valence-electron chi connectivity index (χ0n) is 17.9. The van der Waals surface area contributed by atoms with Crippen LogP contribution in [-0.4, -0.2) is 51.4 Å². The van der Waals surface area contributed by atoms with Gasteiger partial charge in [0.2, 0.25) is 0 Å². The summed E-state index contributed by atoms with van der Waals surface area (Å²) in [4.78, 5) is 40.0. The van der Waals surface area contributed by atoms with Gasteiger partial charge in [0, 0.05) is 18.2 Å². The number of amides is 2. The number of aliphatic hydroxyl groups is 1. The zero-order chi connectivity index (χ0) is 24.9. The number of benzene rings is 1. The second-order valence-electron chi connectivity index (χ2n) is 7.34. The highest BCUT2D eigenvalue weighted by atomic mass is 19.4. The van der Waals surface area contributed by atoms with E-state index in [1.165, 1.54) is 18.3 Å². The first-order valence-electron chi connectivity index (χ1n) is 10.3. The highest BCUT2D eigenvalue weighted by molar-refractivity contribution is 6.04. The molecule has 3 atom stereocenters. The number of aromatic nitrogens is 2. The Labute approximate surface area is 191 Å². The molecule has 0 aliphatic carbocycles. The normalized spacial score (nSPS) is 19.7. The lowest BCUT2D eigenvalue weighted by Gasteiger charge is -2.16. The third-order valence-electron chi connectivity index (χ3n) is 4.95. The number of nitrogens with zero attached hydrogens (tertiary/aromatic N) is 2. The van der Waals surface area contributed by atoms with Crippen LogP contribution in [0.1, 0.15) is 41.9 Å². The Balaban J connectivity index is 1.91. The van der Waals surface area contributed by atoms with Crippen molar-refractivity contribution in [1.82, 2.24) is 14.9 Å². The quantitative estimate of drug-likeness (QED) is 0.561. The van der Waals surface area contributed by atoms with Crippen LogP contribution in [0, 0.1) is 11.8 Å². The number of hydrogen-bond acceptors (Lipinski definition) is 6. The minimum atomic E-state index is -5.05. The van der Waals surface area contributed by atoms with Gasteiger partial charge in [0.15, 0.2) is 5.82 Å². The first-order valence-corrected chi connectivity index (χ1v) is 10.3. The summed E-state index contributed by atoms with van der Waals surface area (Å²) in [6, 6.07) is 8.05. The Kier molecular flexibility index (Phi) is 7.70. The lowest BCUT2D eigenvalue weighted by Crippen LogP contribution is -2.36. The first-order chi connectivity index (χ1) is 16.1. The van der Waals surface area contributed by atoms with Crippen molar-refractivity contribution in [2.24, 2.45) is 0 Å². The number of halogens is 3. The molecule has 180 valence electrons. The summed E-state index contributed by atoms with van der Waals surface area (Å²) in [7, 11) is 0. The minimum absolute atomic E-state index is 0.00294. The number of rotatable bonds is 5. The number of nitrogens with one attached hydrogen (secondary N) is 2. The van der Waals surface area contributed by atoms with Crippen molar-refractivity contribution in [3.8, 4) is 11.8 Å². The first kappa shape index (κ1) is 24.9. The average molecular weight is 478 g/mol. The van der Waals surface area contributed by atoms with Crippen molar-refractivity contribution >= 4 is 17.6 Å². The molecule has 34 heavy (non-hydrogen) atoms. The van der Waals surface area contributed by atoms with Crippen LogP contribution < -0.4 is 16.3 Å². The van der Waals surface area contributed by atoms with Gasteiger partial charge in [-0.3, -0.25) is 14.2 Å². The number of aliphatic hydroxyl groups excluding tert-OH is 1. The summed E-state index contributed by atoms with van der Waals surface area (Å²) in [6.07, 6.45) is -5.32. The zero-order valence-corrected chi connectivity index (χ0v) is 17.9. The highest BCUT2D eigenvalue weighted by Gasteiger charge is 2.38. The van der Waals surface area contributed by atoms with E-state index in [1.807, 2.05) is 6.92 Å². The predicted molar refractivity (Wildman–Crippen MR) is 114 cm³/mol. The summed E-state index contributed by atoms with van der Waals surface area (Å²) in [5, 5.41) is 14.2. The molecule has 2 heterocycles. The minimum Gasteiger partial charge on any atom is -0.390 e. The van der Waals surface area contributed by atoms with Gasteiger partial charge >= 0.3 is 17.8 Å². The lowest BCUT2D eigenvalue weighted by molar-refractivity contribution is -0.173. The van der Waals surface area contributed by atoms with Crippen molar-refractivity contribution < 1.29 is 32.6 Å². The van der Waals surface area contributed by atoms with Gasteiger partial charge in [0.05, 0.1) is 24.3 Å².